The molecule has 23 heavy (non-hydrogen) atoms. The van der Waals surface area contributed by atoms with Gasteiger partial charge in [0.2, 0.25) is 0 Å². The van der Waals surface area contributed by atoms with Crippen LogP contribution in [0.25, 0.3) is 0 Å². The molecule has 0 fully saturated rings. The minimum atomic E-state index is -0.253. The molecule has 0 bridgehead atoms. The van der Waals surface area contributed by atoms with Gasteiger partial charge in [-0.1, -0.05) is 41.9 Å². The molecule has 0 aliphatic carbocycles. The monoisotopic (exact) mass is 334 g/mol. The van der Waals surface area contributed by atoms with E-state index in [0.29, 0.717) is 28.8 Å². The summed E-state index contributed by atoms with van der Waals surface area (Å²) in [6.45, 7) is 0.500. The summed E-state index contributed by atoms with van der Waals surface area (Å²) in [6.07, 6.45) is 0. The van der Waals surface area contributed by atoms with E-state index in [4.69, 9.17) is 21.1 Å². The Morgan fingerprint density at radius 1 is 1.13 bits per heavy atom. The first-order valence-corrected chi connectivity index (χ1v) is 7.40. The van der Waals surface area contributed by atoms with Gasteiger partial charge in [-0.3, -0.25) is 0 Å². The number of carbonyl (C=O) groups is 1. The third-order valence-corrected chi connectivity index (χ3v) is 3.62. The quantitative estimate of drug-likeness (QED) is 0.898. The molecule has 2 rings (SSSR count). The highest BCUT2D eigenvalue weighted by atomic mass is 35.5. The molecule has 0 spiro atoms. The maximum absolute atomic E-state index is 12.4. The Morgan fingerprint density at radius 3 is 2.39 bits per heavy atom. The normalized spacial score (nSPS) is 10.1. The fourth-order valence-corrected chi connectivity index (χ4v) is 2.33. The first-order chi connectivity index (χ1) is 11.0. The molecule has 0 saturated carbocycles. The van der Waals surface area contributed by atoms with E-state index >= 15 is 0 Å². The number of methoxy groups -OCH3 is 2. The van der Waals surface area contributed by atoms with E-state index in [-0.39, 0.29) is 6.03 Å². The standard InChI is InChI=1S/C17H19ClN2O3/c1-20(11-12-7-5-4-6-8-12)17(21)19-14-10-15(22-2)13(18)9-16(14)23-3/h4-10H,11H2,1-3H3,(H,19,21). The van der Waals surface area contributed by atoms with Gasteiger partial charge >= 0.3 is 6.03 Å². The van der Waals surface area contributed by atoms with Gasteiger partial charge in [0, 0.05) is 25.7 Å². The van der Waals surface area contributed by atoms with Crippen molar-refractivity contribution in [1.29, 1.82) is 0 Å². The molecule has 0 aliphatic rings. The van der Waals surface area contributed by atoms with E-state index in [9.17, 15) is 4.79 Å². The van der Waals surface area contributed by atoms with Crippen molar-refractivity contribution in [3.8, 4) is 11.5 Å². The summed E-state index contributed by atoms with van der Waals surface area (Å²) in [6, 6.07) is 12.7. The van der Waals surface area contributed by atoms with Crippen LogP contribution in [0.1, 0.15) is 5.56 Å². The van der Waals surface area contributed by atoms with Gasteiger partial charge in [0.15, 0.2) is 0 Å². The lowest BCUT2D eigenvalue weighted by molar-refractivity contribution is 0.220. The molecule has 0 radical (unpaired) electrons. The number of nitrogens with one attached hydrogen (secondary N) is 1. The third-order valence-electron chi connectivity index (χ3n) is 3.32. The predicted octanol–water partition coefficient (Wildman–Crippen LogP) is 4.02. The minimum Gasteiger partial charge on any atom is -0.495 e. The maximum atomic E-state index is 12.4. The summed E-state index contributed by atoms with van der Waals surface area (Å²) < 4.78 is 10.4. The zero-order chi connectivity index (χ0) is 16.8. The van der Waals surface area contributed by atoms with Crippen LogP contribution < -0.4 is 14.8 Å². The van der Waals surface area contributed by atoms with Crippen molar-refractivity contribution in [2.75, 3.05) is 26.6 Å². The summed E-state index contributed by atoms with van der Waals surface area (Å²) >= 11 is 6.06. The fraction of sp³-hybridized carbons (Fsp3) is 0.235. The molecule has 0 aliphatic heterocycles. The first-order valence-electron chi connectivity index (χ1n) is 7.02. The number of anilines is 1. The number of carbonyl (C=O) groups excluding carboxylic acids is 1. The largest absolute Gasteiger partial charge is 0.495 e. The van der Waals surface area contributed by atoms with Gasteiger partial charge in [0.25, 0.3) is 0 Å². The van der Waals surface area contributed by atoms with Crippen molar-refractivity contribution in [1.82, 2.24) is 4.90 Å². The Bertz CT molecular complexity index is 677. The van der Waals surface area contributed by atoms with Gasteiger partial charge in [-0.15, -0.1) is 0 Å². The summed E-state index contributed by atoms with van der Waals surface area (Å²) in [5.74, 6) is 0.936. The second-order valence-corrected chi connectivity index (χ2v) is 5.37. The predicted molar refractivity (Wildman–Crippen MR) is 91.5 cm³/mol. The van der Waals surface area contributed by atoms with E-state index in [0.717, 1.165) is 5.56 Å². The average Bonchev–Trinajstić information content (AvgIpc) is 2.56. The average molecular weight is 335 g/mol. The molecule has 2 aromatic rings. The van der Waals surface area contributed by atoms with Crippen molar-refractivity contribution in [2.24, 2.45) is 0 Å². The van der Waals surface area contributed by atoms with Crippen LogP contribution in [0.15, 0.2) is 42.5 Å². The van der Waals surface area contributed by atoms with Crippen LogP contribution in [0.5, 0.6) is 11.5 Å². The van der Waals surface area contributed by atoms with Crippen molar-refractivity contribution < 1.29 is 14.3 Å². The second-order valence-electron chi connectivity index (χ2n) is 4.96. The van der Waals surface area contributed by atoms with E-state index in [1.807, 2.05) is 30.3 Å². The highest BCUT2D eigenvalue weighted by molar-refractivity contribution is 6.32. The van der Waals surface area contributed by atoms with Crippen molar-refractivity contribution in [3.05, 3.63) is 53.1 Å². The van der Waals surface area contributed by atoms with Crippen LogP contribution in [0.4, 0.5) is 10.5 Å². The third kappa shape index (κ3) is 4.29. The van der Waals surface area contributed by atoms with Gasteiger partial charge < -0.3 is 19.7 Å². The number of rotatable bonds is 5. The van der Waals surface area contributed by atoms with Gasteiger partial charge in [0.1, 0.15) is 11.5 Å². The molecule has 6 heteroatoms. The number of hydrogen-bond donors (Lipinski definition) is 1. The molecule has 0 unspecified atom stereocenters. The Kier molecular flexibility index (Phi) is 5.71. The van der Waals surface area contributed by atoms with Gasteiger partial charge in [-0.2, -0.15) is 0 Å². The molecule has 0 saturated heterocycles. The summed E-state index contributed by atoms with van der Waals surface area (Å²) in [5.41, 5.74) is 1.55. The molecule has 0 aromatic heterocycles. The lowest BCUT2D eigenvalue weighted by Crippen LogP contribution is -2.31. The molecule has 0 atom stereocenters. The molecular weight excluding hydrogens is 316 g/mol. The lowest BCUT2D eigenvalue weighted by Gasteiger charge is -2.19. The van der Waals surface area contributed by atoms with Crippen molar-refractivity contribution in [3.63, 3.8) is 0 Å². The van der Waals surface area contributed by atoms with Crippen molar-refractivity contribution in [2.45, 2.75) is 6.54 Å². The van der Waals surface area contributed by atoms with Gasteiger partial charge in [-0.25, -0.2) is 4.79 Å². The van der Waals surface area contributed by atoms with E-state index in [2.05, 4.69) is 5.32 Å². The Labute approximate surface area is 140 Å². The second kappa shape index (κ2) is 7.74. The highest BCUT2D eigenvalue weighted by Gasteiger charge is 2.15. The van der Waals surface area contributed by atoms with E-state index in [1.165, 1.54) is 14.2 Å². The van der Waals surface area contributed by atoms with Gasteiger partial charge in [-0.05, 0) is 5.56 Å². The Balaban J connectivity index is 2.13. The number of benzene rings is 2. The van der Waals surface area contributed by atoms with Crippen LogP contribution in [0.2, 0.25) is 5.02 Å². The maximum Gasteiger partial charge on any atom is 0.321 e. The number of hydrogen-bond acceptors (Lipinski definition) is 3. The first kappa shape index (κ1) is 17.0. The molecule has 2 aromatic carbocycles. The SMILES string of the molecule is COc1cc(NC(=O)N(C)Cc2ccccc2)c(OC)cc1Cl. The minimum absolute atomic E-state index is 0.253. The molecule has 0 heterocycles. The fourth-order valence-electron chi connectivity index (χ4n) is 2.10. The Morgan fingerprint density at radius 2 is 1.78 bits per heavy atom. The Hall–Kier alpha value is -2.40. The summed E-state index contributed by atoms with van der Waals surface area (Å²) in [7, 11) is 4.75. The number of ether oxygens (including phenoxy) is 2. The van der Waals surface area contributed by atoms with Crippen molar-refractivity contribution >= 4 is 23.3 Å². The topological polar surface area (TPSA) is 50.8 Å². The van der Waals surface area contributed by atoms with E-state index in [1.54, 1.807) is 24.1 Å². The van der Waals surface area contributed by atoms with Crippen LogP contribution in [0, 0.1) is 0 Å². The number of urea groups is 1. The van der Waals surface area contributed by atoms with Crippen LogP contribution in [0.3, 0.4) is 0 Å². The number of amides is 2. The zero-order valence-electron chi connectivity index (χ0n) is 13.3. The van der Waals surface area contributed by atoms with Gasteiger partial charge in [0.05, 0.1) is 24.9 Å². The smallest absolute Gasteiger partial charge is 0.321 e. The molecular formula is C17H19ClN2O3. The zero-order valence-corrected chi connectivity index (χ0v) is 14.1. The van der Waals surface area contributed by atoms with E-state index < -0.39 is 0 Å². The summed E-state index contributed by atoms with van der Waals surface area (Å²) in [4.78, 5) is 13.9. The molecule has 5 nitrogen and oxygen atoms in total. The summed E-state index contributed by atoms with van der Waals surface area (Å²) in [5, 5.41) is 3.22. The number of halogens is 1. The lowest BCUT2D eigenvalue weighted by atomic mass is 10.2. The van der Waals surface area contributed by atoms with Crippen LogP contribution >= 0.6 is 11.6 Å². The molecule has 2 amide bonds. The highest BCUT2D eigenvalue weighted by Crippen LogP contribution is 2.35. The van der Waals surface area contributed by atoms with Crippen LogP contribution in [-0.4, -0.2) is 32.2 Å². The molecule has 122 valence electrons. The molecule has 1 N–H and O–H groups in total. The van der Waals surface area contributed by atoms with Crippen LogP contribution in [-0.2, 0) is 6.54 Å². The number of nitrogens with zero attached hydrogens (tertiary/aromatic N) is 1.